The molecule has 0 saturated heterocycles. The highest BCUT2D eigenvalue weighted by atomic mass is 16.5. The van der Waals surface area contributed by atoms with Crippen LogP contribution in [0.2, 0.25) is 0 Å². The number of fused-ring (bicyclic) bond motifs is 3. The highest BCUT2D eigenvalue weighted by Gasteiger charge is 2.44. The first-order valence-electron chi connectivity index (χ1n) is 12.5. The molecule has 186 valence electrons. The molecule has 1 saturated carbocycles. The second-order valence-electron chi connectivity index (χ2n) is 9.87. The molecule has 0 bridgehead atoms. The lowest BCUT2D eigenvalue weighted by atomic mass is 9.91. The van der Waals surface area contributed by atoms with E-state index in [2.05, 4.69) is 34.9 Å². The zero-order valence-electron chi connectivity index (χ0n) is 20.2. The molecule has 0 spiro atoms. The van der Waals surface area contributed by atoms with Crippen molar-refractivity contribution in [3.05, 3.63) is 59.7 Å². The molecular weight excluding hydrogens is 444 g/mol. The van der Waals surface area contributed by atoms with E-state index in [0.717, 1.165) is 36.8 Å². The highest BCUT2D eigenvalue weighted by Crippen LogP contribution is 2.45. The maximum Gasteiger partial charge on any atom is 0.407 e. The fraction of sp³-hybridized carbons (Fsp3) is 0.464. The lowest BCUT2D eigenvalue weighted by Crippen LogP contribution is -2.51. The fourth-order valence-electron chi connectivity index (χ4n) is 5.08. The van der Waals surface area contributed by atoms with Crippen LogP contribution in [-0.2, 0) is 14.3 Å². The molecule has 0 aromatic heterocycles. The summed E-state index contributed by atoms with van der Waals surface area (Å²) in [5.41, 5.74) is 4.03. The molecule has 2 aromatic rings. The number of amides is 2. The summed E-state index contributed by atoms with van der Waals surface area (Å²) in [4.78, 5) is 36.0. The molecule has 35 heavy (non-hydrogen) atoms. The van der Waals surface area contributed by atoms with Gasteiger partial charge in [-0.3, -0.25) is 9.59 Å². The number of carboxylic acid groups (broad SMARTS) is 1. The normalized spacial score (nSPS) is 16.0. The molecule has 1 unspecified atom stereocenters. The quantitative estimate of drug-likeness (QED) is 0.379. The van der Waals surface area contributed by atoms with E-state index < -0.39 is 17.6 Å². The number of carboxylic acids is 1. The number of benzene rings is 2. The van der Waals surface area contributed by atoms with Crippen molar-refractivity contribution in [3.8, 4) is 11.1 Å². The topological polar surface area (TPSA) is 105 Å². The number of carbonyl (C=O) groups is 3. The molecule has 2 aromatic carbocycles. The van der Waals surface area contributed by atoms with Gasteiger partial charge >= 0.3 is 12.1 Å². The van der Waals surface area contributed by atoms with Crippen LogP contribution in [0.4, 0.5) is 4.79 Å². The lowest BCUT2D eigenvalue weighted by Gasteiger charge is -2.30. The molecule has 2 amide bonds. The second kappa shape index (κ2) is 10.9. The Morgan fingerprint density at radius 1 is 0.971 bits per heavy atom. The van der Waals surface area contributed by atoms with Crippen molar-refractivity contribution in [1.29, 1.82) is 0 Å². The lowest BCUT2D eigenvalue weighted by molar-refractivity contribution is -0.137. The third kappa shape index (κ3) is 6.21. The molecule has 2 aliphatic carbocycles. The summed E-state index contributed by atoms with van der Waals surface area (Å²) in [6.45, 7) is 2.66. The molecule has 1 fully saturated rings. The predicted molar refractivity (Wildman–Crippen MR) is 133 cm³/mol. The SMILES string of the molecule is CC(CC(=O)NCCCCCC(=O)O)(NC(=O)OCC1c2ccccc2-c2ccccc21)C1CC1. The fourth-order valence-corrected chi connectivity index (χ4v) is 5.08. The van der Waals surface area contributed by atoms with Gasteiger partial charge in [0.15, 0.2) is 0 Å². The van der Waals surface area contributed by atoms with Crippen molar-refractivity contribution in [2.45, 2.75) is 63.3 Å². The monoisotopic (exact) mass is 478 g/mol. The summed E-state index contributed by atoms with van der Waals surface area (Å²) in [5.74, 6) is -0.667. The molecule has 4 rings (SSSR count). The second-order valence-corrected chi connectivity index (χ2v) is 9.87. The van der Waals surface area contributed by atoms with E-state index in [1.807, 2.05) is 31.2 Å². The summed E-state index contributed by atoms with van der Waals surface area (Å²) in [5, 5.41) is 14.6. The molecule has 0 radical (unpaired) electrons. The van der Waals surface area contributed by atoms with Crippen LogP contribution in [0.1, 0.15) is 68.9 Å². The summed E-state index contributed by atoms with van der Waals surface area (Å²) in [6.07, 6.45) is 3.89. The van der Waals surface area contributed by atoms with Gasteiger partial charge in [0.1, 0.15) is 6.61 Å². The van der Waals surface area contributed by atoms with Crippen molar-refractivity contribution in [2.24, 2.45) is 5.92 Å². The molecular formula is C28H34N2O5. The molecule has 0 heterocycles. The van der Waals surface area contributed by atoms with Crippen molar-refractivity contribution in [1.82, 2.24) is 10.6 Å². The number of carbonyl (C=O) groups excluding carboxylic acids is 2. The molecule has 7 heteroatoms. The number of aliphatic carboxylic acids is 1. The zero-order valence-corrected chi connectivity index (χ0v) is 20.2. The van der Waals surface area contributed by atoms with E-state index in [0.29, 0.717) is 13.0 Å². The van der Waals surface area contributed by atoms with E-state index in [9.17, 15) is 14.4 Å². The van der Waals surface area contributed by atoms with Gasteiger partial charge in [0.2, 0.25) is 5.91 Å². The minimum Gasteiger partial charge on any atom is -0.481 e. The van der Waals surface area contributed by atoms with E-state index in [-0.39, 0.29) is 37.2 Å². The van der Waals surface area contributed by atoms with Crippen LogP contribution in [-0.4, -0.2) is 41.8 Å². The van der Waals surface area contributed by atoms with E-state index >= 15 is 0 Å². The van der Waals surface area contributed by atoms with Crippen molar-refractivity contribution in [3.63, 3.8) is 0 Å². The average Bonchev–Trinajstić information content (AvgIpc) is 3.64. The number of hydrogen-bond donors (Lipinski definition) is 3. The van der Waals surface area contributed by atoms with Gasteiger partial charge < -0.3 is 20.5 Å². The van der Waals surface area contributed by atoms with Crippen LogP contribution in [0, 0.1) is 5.92 Å². The Hall–Kier alpha value is -3.35. The smallest absolute Gasteiger partial charge is 0.407 e. The minimum absolute atomic E-state index is 0.00948. The molecule has 7 nitrogen and oxygen atoms in total. The maximum atomic E-state index is 12.8. The number of hydrogen-bond acceptors (Lipinski definition) is 4. The maximum absolute atomic E-state index is 12.8. The number of alkyl carbamates (subject to hydrolysis) is 1. The Balaban J connectivity index is 1.28. The van der Waals surface area contributed by atoms with Gasteiger partial charge in [0, 0.05) is 25.3 Å². The number of unbranched alkanes of at least 4 members (excludes halogenated alkanes) is 2. The largest absolute Gasteiger partial charge is 0.481 e. The molecule has 3 N–H and O–H groups in total. The van der Waals surface area contributed by atoms with Gasteiger partial charge in [-0.25, -0.2) is 4.79 Å². The average molecular weight is 479 g/mol. The molecule has 0 aliphatic heterocycles. The van der Waals surface area contributed by atoms with E-state index in [1.54, 1.807) is 0 Å². The van der Waals surface area contributed by atoms with Crippen LogP contribution in [0.25, 0.3) is 11.1 Å². The first kappa shape index (κ1) is 24.8. The van der Waals surface area contributed by atoms with Gasteiger partial charge in [-0.2, -0.15) is 0 Å². The summed E-state index contributed by atoms with van der Waals surface area (Å²) in [6, 6.07) is 16.4. The van der Waals surface area contributed by atoms with Crippen LogP contribution < -0.4 is 10.6 Å². The third-order valence-electron chi connectivity index (χ3n) is 7.13. The Morgan fingerprint density at radius 3 is 2.20 bits per heavy atom. The van der Waals surface area contributed by atoms with Gasteiger partial charge in [0.05, 0.1) is 5.54 Å². The number of nitrogens with one attached hydrogen (secondary N) is 2. The highest BCUT2D eigenvalue weighted by molar-refractivity contribution is 5.80. The Bertz CT molecular complexity index is 1040. The minimum atomic E-state index is -0.798. The van der Waals surface area contributed by atoms with Gasteiger partial charge in [-0.15, -0.1) is 0 Å². The van der Waals surface area contributed by atoms with Crippen LogP contribution >= 0.6 is 0 Å². The predicted octanol–water partition coefficient (Wildman–Crippen LogP) is 4.85. The summed E-state index contributed by atoms with van der Waals surface area (Å²) in [7, 11) is 0. The Kier molecular flexibility index (Phi) is 7.73. The molecule has 2 aliphatic rings. The standard InChI is InChI=1S/C28H34N2O5/c1-28(19-14-15-19,17-25(31)29-16-8-2-3-13-26(32)33)30-27(34)35-18-24-22-11-6-4-9-20(22)21-10-5-7-12-23(21)24/h4-7,9-12,19,24H,2-3,8,13-18H2,1H3,(H,29,31)(H,30,34)(H,32,33). The first-order valence-corrected chi connectivity index (χ1v) is 12.5. The number of ether oxygens (including phenoxy) is 1. The van der Waals surface area contributed by atoms with Crippen LogP contribution in [0.15, 0.2) is 48.5 Å². The van der Waals surface area contributed by atoms with Gasteiger partial charge in [-0.05, 0) is 60.8 Å². The third-order valence-corrected chi connectivity index (χ3v) is 7.13. The summed E-state index contributed by atoms with van der Waals surface area (Å²) >= 11 is 0. The van der Waals surface area contributed by atoms with Gasteiger partial charge in [0.25, 0.3) is 0 Å². The van der Waals surface area contributed by atoms with E-state index in [1.165, 1.54) is 11.1 Å². The van der Waals surface area contributed by atoms with Crippen LogP contribution in [0.3, 0.4) is 0 Å². The van der Waals surface area contributed by atoms with Crippen molar-refractivity contribution in [2.75, 3.05) is 13.2 Å². The zero-order chi connectivity index (χ0) is 24.8. The number of rotatable bonds is 12. The Labute approximate surface area is 206 Å². The van der Waals surface area contributed by atoms with E-state index in [4.69, 9.17) is 9.84 Å². The first-order chi connectivity index (χ1) is 16.9. The van der Waals surface area contributed by atoms with Gasteiger partial charge in [-0.1, -0.05) is 55.0 Å². The van der Waals surface area contributed by atoms with Crippen molar-refractivity contribution >= 4 is 18.0 Å². The van der Waals surface area contributed by atoms with Crippen molar-refractivity contribution < 1.29 is 24.2 Å². The van der Waals surface area contributed by atoms with Crippen LogP contribution in [0.5, 0.6) is 0 Å². The summed E-state index contributed by atoms with van der Waals surface area (Å²) < 4.78 is 5.71. The Morgan fingerprint density at radius 2 is 1.60 bits per heavy atom. The molecule has 1 atom stereocenters.